The third-order valence-electron chi connectivity index (χ3n) is 3.56. The summed E-state index contributed by atoms with van der Waals surface area (Å²) in [6.07, 6.45) is 0. The van der Waals surface area contributed by atoms with Crippen LogP contribution in [0.5, 0.6) is 0 Å². The molecule has 6 heteroatoms. The van der Waals surface area contributed by atoms with Gasteiger partial charge in [-0.15, -0.1) is 12.4 Å². The van der Waals surface area contributed by atoms with Gasteiger partial charge in [-0.3, -0.25) is 4.79 Å². The number of likely N-dealkylation sites (N-methyl/N-ethyl adjacent to an activating group) is 1. The summed E-state index contributed by atoms with van der Waals surface area (Å²) >= 11 is 0. The first-order valence-corrected chi connectivity index (χ1v) is 5.69. The smallest absolute Gasteiger partial charge is 0.340 e. The molecule has 1 aliphatic rings. The van der Waals surface area contributed by atoms with Crippen molar-refractivity contribution in [3.63, 3.8) is 0 Å². The lowest BCUT2D eigenvalue weighted by molar-refractivity contribution is -0.118. The molecule has 19 heavy (non-hydrogen) atoms. The standard InChI is InChI=1S/C13H16N2O3.ClH/c1-6-10-7(2)12(16)15(3)9(10)5-8(11(6)14)13(17)18-4;/h5,7H,14H2,1-4H3;1H. The number of methoxy groups -OCH3 is 1. The van der Waals surface area contributed by atoms with Gasteiger partial charge in [0, 0.05) is 18.4 Å². The Bertz CT molecular complexity index is 557. The van der Waals surface area contributed by atoms with Crippen LogP contribution in [0.25, 0.3) is 0 Å². The van der Waals surface area contributed by atoms with E-state index in [-0.39, 0.29) is 24.2 Å². The number of fused-ring (bicyclic) bond motifs is 1. The number of anilines is 2. The molecule has 0 saturated carbocycles. The van der Waals surface area contributed by atoms with Crippen LogP contribution in [0, 0.1) is 6.92 Å². The number of hydrogen-bond acceptors (Lipinski definition) is 4. The molecule has 1 amide bonds. The Balaban J connectivity index is 0.00000180. The molecule has 2 rings (SSSR count). The SMILES string of the molecule is COC(=O)c1cc2c(c(C)c1N)C(C)C(=O)N2C.Cl. The van der Waals surface area contributed by atoms with Crippen LogP contribution in [-0.4, -0.2) is 26.0 Å². The Morgan fingerprint density at radius 2 is 2.05 bits per heavy atom. The maximum atomic E-state index is 11.9. The number of hydrogen-bond donors (Lipinski definition) is 1. The number of carbonyl (C=O) groups excluding carboxylic acids is 2. The molecule has 0 spiro atoms. The van der Waals surface area contributed by atoms with Gasteiger partial charge in [0.2, 0.25) is 5.91 Å². The van der Waals surface area contributed by atoms with E-state index in [2.05, 4.69) is 0 Å². The number of benzene rings is 1. The van der Waals surface area contributed by atoms with Gasteiger partial charge in [-0.2, -0.15) is 0 Å². The van der Waals surface area contributed by atoms with Gasteiger partial charge >= 0.3 is 5.97 Å². The lowest BCUT2D eigenvalue weighted by atomic mass is 9.94. The lowest BCUT2D eigenvalue weighted by Gasteiger charge is -2.15. The Morgan fingerprint density at radius 1 is 1.47 bits per heavy atom. The number of rotatable bonds is 1. The molecule has 5 nitrogen and oxygen atoms in total. The average Bonchev–Trinajstić information content (AvgIpc) is 2.57. The van der Waals surface area contributed by atoms with Crippen molar-refractivity contribution in [2.24, 2.45) is 0 Å². The topological polar surface area (TPSA) is 72.6 Å². The highest BCUT2D eigenvalue weighted by Crippen LogP contribution is 2.42. The van der Waals surface area contributed by atoms with Gasteiger partial charge in [-0.25, -0.2) is 4.79 Å². The van der Waals surface area contributed by atoms with Crippen LogP contribution < -0.4 is 10.6 Å². The zero-order valence-electron chi connectivity index (χ0n) is 11.3. The van der Waals surface area contributed by atoms with Crippen molar-refractivity contribution in [1.82, 2.24) is 0 Å². The minimum Gasteiger partial charge on any atom is -0.465 e. The summed E-state index contributed by atoms with van der Waals surface area (Å²) in [5.74, 6) is -0.702. The van der Waals surface area contributed by atoms with Gasteiger partial charge in [0.1, 0.15) is 0 Å². The Morgan fingerprint density at radius 3 is 2.58 bits per heavy atom. The Kier molecular flexibility index (Phi) is 4.10. The summed E-state index contributed by atoms with van der Waals surface area (Å²) < 4.78 is 4.70. The van der Waals surface area contributed by atoms with Crippen LogP contribution in [0.4, 0.5) is 11.4 Å². The van der Waals surface area contributed by atoms with E-state index in [0.29, 0.717) is 11.3 Å². The number of ether oxygens (including phenoxy) is 1. The minimum atomic E-state index is -0.487. The molecule has 0 bridgehead atoms. The second-order valence-corrected chi connectivity index (χ2v) is 4.51. The van der Waals surface area contributed by atoms with Crippen LogP contribution in [0.15, 0.2) is 6.07 Å². The largest absolute Gasteiger partial charge is 0.465 e. The summed E-state index contributed by atoms with van der Waals surface area (Å²) in [5.41, 5.74) is 9.05. The third-order valence-corrected chi connectivity index (χ3v) is 3.56. The third kappa shape index (κ3) is 2.04. The normalized spacial score (nSPS) is 16.9. The molecular formula is C13H17ClN2O3. The van der Waals surface area contributed by atoms with Crippen molar-refractivity contribution in [2.75, 3.05) is 24.8 Å². The molecule has 0 aliphatic carbocycles. The molecule has 0 aromatic heterocycles. The minimum absolute atomic E-state index is 0. The second-order valence-electron chi connectivity index (χ2n) is 4.51. The number of carbonyl (C=O) groups is 2. The molecule has 1 aliphatic heterocycles. The van der Waals surface area contributed by atoms with E-state index in [1.54, 1.807) is 18.0 Å². The average molecular weight is 285 g/mol. The highest BCUT2D eigenvalue weighted by Gasteiger charge is 2.35. The number of amides is 1. The fourth-order valence-corrected chi connectivity index (χ4v) is 2.47. The van der Waals surface area contributed by atoms with E-state index in [1.807, 2.05) is 13.8 Å². The van der Waals surface area contributed by atoms with Gasteiger partial charge in [0.25, 0.3) is 0 Å². The van der Waals surface area contributed by atoms with Crippen molar-refractivity contribution in [1.29, 1.82) is 0 Å². The van der Waals surface area contributed by atoms with Gasteiger partial charge in [-0.1, -0.05) is 0 Å². The Hall–Kier alpha value is -1.75. The van der Waals surface area contributed by atoms with E-state index < -0.39 is 5.97 Å². The quantitative estimate of drug-likeness (QED) is 0.631. The molecule has 1 heterocycles. The zero-order chi connectivity index (χ0) is 13.6. The van der Waals surface area contributed by atoms with Crippen molar-refractivity contribution in [3.05, 3.63) is 22.8 Å². The van der Waals surface area contributed by atoms with E-state index >= 15 is 0 Å². The summed E-state index contributed by atoms with van der Waals surface area (Å²) in [6.45, 7) is 3.67. The molecule has 1 atom stereocenters. The monoisotopic (exact) mass is 284 g/mol. The molecule has 1 aromatic carbocycles. The highest BCUT2D eigenvalue weighted by molar-refractivity contribution is 6.08. The molecular weight excluding hydrogens is 268 g/mol. The van der Waals surface area contributed by atoms with Crippen LogP contribution in [0.2, 0.25) is 0 Å². The van der Waals surface area contributed by atoms with Crippen molar-refractivity contribution in [3.8, 4) is 0 Å². The van der Waals surface area contributed by atoms with Crippen LogP contribution >= 0.6 is 12.4 Å². The summed E-state index contributed by atoms with van der Waals surface area (Å²) in [6, 6.07) is 1.63. The molecule has 2 N–H and O–H groups in total. The summed E-state index contributed by atoms with van der Waals surface area (Å²) in [5, 5.41) is 0. The van der Waals surface area contributed by atoms with Crippen LogP contribution in [0.1, 0.15) is 34.3 Å². The number of nitrogens with zero attached hydrogens (tertiary/aromatic N) is 1. The number of nitrogens with two attached hydrogens (primary N) is 1. The van der Waals surface area contributed by atoms with Gasteiger partial charge in [-0.05, 0) is 31.0 Å². The van der Waals surface area contributed by atoms with E-state index in [4.69, 9.17) is 10.5 Å². The van der Waals surface area contributed by atoms with Crippen LogP contribution in [0.3, 0.4) is 0 Å². The van der Waals surface area contributed by atoms with Crippen molar-refractivity contribution in [2.45, 2.75) is 19.8 Å². The lowest BCUT2D eigenvalue weighted by Crippen LogP contribution is -2.22. The fraction of sp³-hybridized carbons (Fsp3) is 0.385. The molecule has 104 valence electrons. The van der Waals surface area contributed by atoms with Crippen molar-refractivity contribution >= 4 is 35.7 Å². The molecule has 1 unspecified atom stereocenters. The second kappa shape index (κ2) is 5.09. The molecule has 1 aromatic rings. The van der Waals surface area contributed by atoms with Crippen LogP contribution in [-0.2, 0) is 9.53 Å². The number of halogens is 1. The van der Waals surface area contributed by atoms with E-state index in [9.17, 15) is 9.59 Å². The molecule has 0 saturated heterocycles. The Labute approximate surface area is 118 Å². The van der Waals surface area contributed by atoms with Gasteiger partial charge < -0.3 is 15.4 Å². The van der Waals surface area contributed by atoms with Crippen molar-refractivity contribution < 1.29 is 14.3 Å². The fourth-order valence-electron chi connectivity index (χ4n) is 2.47. The first kappa shape index (κ1) is 15.3. The zero-order valence-corrected chi connectivity index (χ0v) is 12.1. The molecule has 0 fully saturated rings. The maximum Gasteiger partial charge on any atom is 0.340 e. The molecule has 0 radical (unpaired) electrons. The van der Waals surface area contributed by atoms with Gasteiger partial charge in [0.15, 0.2) is 0 Å². The predicted octanol–water partition coefficient (Wildman–Crippen LogP) is 1.87. The highest BCUT2D eigenvalue weighted by atomic mass is 35.5. The van der Waals surface area contributed by atoms with Gasteiger partial charge in [0.05, 0.1) is 18.6 Å². The number of esters is 1. The summed E-state index contributed by atoms with van der Waals surface area (Å²) in [4.78, 5) is 25.2. The summed E-state index contributed by atoms with van der Waals surface area (Å²) in [7, 11) is 3.00. The van der Waals surface area contributed by atoms with E-state index in [1.165, 1.54) is 7.11 Å². The first-order valence-electron chi connectivity index (χ1n) is 5.69. The number of nitrogen functional groups attached to an aromatic ring is 1. The first-order chi connectivity index (χ1) is 8.40. The maximum absolute atomic E-state index is 11.9. The van der Waals surface area contributed by atoms with E-state index in [0.717, 1.165) is 16.8 Å². The predicted molar refractivity (Wildman–Crippen MR) is 76.0 cm³/mol.